The van der Waals surface area contributed by atoms with Gasteiger partial charge < -0.3 is 0 Å². The molecule has 86 valence electrons. The number of halogens is 3. The molecule has 0 saturated heterocycles. The molecule has 0 N–H and O–H groups in total. The molecule has 17 heavy (non-hydrogen) atoms. The normalized spacial score (nSPS) is 10.3. The van der Waals surface area contributed by atoms with Crippen LogP contribution < -0.4 is 0 Å². The van der Waals surface area contributed by atoms with Gasteiger partial charge in [0.2, 0.25) is 0 Å². The van der Waals surface area contributed by atoms with Crippen molar-refractivity contribution in [3.63, 3.8) is 0 Å². The van der Waals surface area contributed by atoms with Crippen molar-refractivity contribution in [3.8, 4) is 0 Å². The van der Waals surface area contributed by atoms with Gasteiger partial charge >= 0.3 is 0 Å². The van der Waals surface area contributed by atoms with Gasteiger partial charge in [0.05, 0.1) is 5.56 Å². The second kappa shape index (κ2) is 4.75. The second-order valence-electron chi connectivity index (χ2n) is 3.41. The molecule has 2 aromatic carbocycles. The maximum atomic E-state index is 13.5. The minimum atomic E-state index is -1.12. The summed E-state index contributed by atoms with van der Waals surface area (Å²) < 4.78 is 27.0. The lowest BCUT2D eigenvalue weighted by Crippen LogP contribution is -2.06. The summed E-state index contributed by atoms with van der Waals surface area (Å²) >= 11 is 3.20. The van der Waals surface area contributed by atoms with Crippen molar-refractivity contribution >= 4 is 21.7 Å². The van der Waals surface area contributed by atoms with Gasteiger partial charge in [-0.25, -0.2) is 8.78 Å². The van der Waals surface area contributed by atoms with Gasteiger partial charge in [0.1, 0.15) is 0 Å². The predicted octanol–water partition coefficient (Wildman–Crippen LogP) is 3.96. The first-order chi connectivity index (χ1) is 8.11. The highest BCUT2D eigenvalue weighted by atomic mass is 79.9. The fraction of sp³-hybridized carbons (Fsp3) is 0. The van der Waals surface area contributed by atoms with Crippen LogP contribution >= 0.6 is 15.9 Å². The van der Waals surface area contributed by atoms with Crippen molar-refractivity contribution in [2.75, 3.05) is 0 Å². The number of hydrogen-bond donors (Lipinski definition) is 0. The number of rotatable bonds is 2. The highest BCUT2D eigenvalue weighted by Crippen LogP contribution is 2.21. The minimum absolute atomic E-state index is 0.267. The quantitative estimate of drug-likeness (QED) is 0.767. The third kappa shape index (κ3) is 2.26. The summed E-state index contributed by atoms with van der Waals surface area (Å²) in [5, 5.41) is 0. The maximum absolute atomic E-state index is 13.5. The van der Waals surface area contributed by atoms with Gasteiger partial charge in [-0.2, -0.15) is 0 Å². The third-order valence-electron chi connectivity index (χ3n) is 2.31. The minimum Gasteiger partial charge on any atom is -0.288 e. The van der Waals surface area contributed by atoms with Crippen LogP contribution in [0.1, 0.15) is 15.9 Å². The van der Waals surface area contributed by atoms with Crippen LogP contribution in [0.4, 0.5) is 8.78 Å². The van der Waals surface area contributed by atoms with Crippen molar-refractivity contribution in [3.05, 3.63) is 69.7 Å². The first-order valence-corrected chi connectivity index (χ1v) is 5.64. The highest BCUT2D eigenvalue weighted by Gasteiger charge is 2.18. The Morgan fingerprint density at radius 2 is 1.59 bits per heavy atom. The van der Waals surface area contributed by atoms with Crippen molar-refractivity contribution in [2.45, 2.75) is 0 Å². The van der Waals surface area contributed by atoms with Crippen LogP contribution in [0.15, 0.2) is 46.9 Å². The van der Waals surface area contributed by atoms with Crippen LogP contribution in [0, 0.1) is 11.6 Å². The summed E-state index contributed by atoms with van der Waals surface area (Å²) in [6.45, 7) is 0. The summed E-state index contributed by atoms with van der Waals surface area (Å²) in [5.74, 6) is -2.69. The molecular formula is C13H7BrF2O. The maximum Gasteiger partial charge on any atom is 0.197 e. The Hall–Kier alpha value is -1.55. The van der Waals surface area contributed by atoms with Gasteiger partial charge in [0, 0.05) is 10.0 Å². The molecular weight excluding hydrogens is 290 g/mol. The van der Waals surface area contributed by atoms with Gasteiger partial charge in [-0.1, -0.05) is 34.1 Å². The molecule has 2 aromatic rings. The van der Waals surface area contributed by atoms with Crippen molar-refractivity contribution in [1.29, 1.82) is 0 Å². The standard InChI is InChI=1S/C13H7BrF2O/c14-10-6-2-1-4-8(10)13(17)9-5-3-7-11(15)12(9)16/h1-7H. The van der Waals surface area contributed by atoms with Crippen molar-refractivity contribution in [1.82, 2.24) is 0 Å². The Morgan fingerprint density at radius 3 is 2.29 bits per heavy atom. The van der Waals surface area contributed by atoms with Crippen LogP contribution in [0.2, 0.25) is 0 Å². The van der Waals surface area contributed by atoms with E-state index in [4.69, 9.17) is 0 Å². The molecule has 0 unspecified atom stereocenters. The van der Waals surface area contributed by atoms with Crippen molar-refractivity contribution < 1.29 is 13.6 Å². The number of benzene rings is 2. The van der Waals surface area contributed by atoms with Crippen LogP contribution in [0.25, 0.3) is 0 Å². The Morgan fingerprint density at radius 1 is 0.941 bits per heavy atom. The fourth-order valence-electron chi connectivity index (χ4n) is 1.47. The molecule has 2 rings (SSSR count). The summed E-state index contributed by atoms with van der Waals surface area (Å²) in [5.41, 5.74) is 0.0360. The third-order valence-corrected chi connectivity index (χ3v) is 3.01. The fourth-order valence-corrected chi connectivity index (χ4v) is 1.93. The van der Waals surface area contributed by atoms with Crippen LogP contribution in [-0.4, -0.2) is 5.78 Å². The Balaban J connectivity index is 2.52. The van der Waals surface area contributed by atoms with E-state index in [-0.39, 0.29) is 5.56 Å². The molecule has 0 radical (unpaired) electrons. The molecule has 1 nitrogen and oxygen atoms in total. The first kappa shape index (κ1) is 11.9. The van der Waals surface area contributed by atoms with E-state index in [1.165, 1.54) is 12.1 Å². The molecule has 4 heteroatoms. The van der Waals surface area contributed by atoms with E-state index in [9.17, 15) is 13.6 Å². The van der Waals surface area contributed by atoms with E-state index < -0.39 is 17.4 Å². The number of ketones is 1. The van der Waals surface area contributed by atoms with Crippen molar-refractivity contribution in [2.24, 2.45) is 0 Å². The number of hydrogen-bond acceptors (Lipinski definition) is 1. The lowest BCUT2D eigenvalue weighted by Gasteiger charge is -2.05. The Kier molecular flexibility index (Phi) is 3.33. The zero-order valence-corrected chi connectivity index (χ0v) is 10.2. The topological polar surface area (TPSA) is 17.1 Å². The molecule has 0 fully saturated rings. The SMILES string of the molecule is O=C(c1ccccc1Br)c1cccc(F)c1F. The molecule has 0 aliphatic heterocycles. The summed E-state index contributed by atoms with van der Waals surface area (Å²) in [7, 11) is 0. The summed E-state index contributed by atoms with van der Waals surface area (Å²) in [6.07, 6.45) is 0. The van der Waals surface area contributed by atoms with E-state index in [0.29, 0.717) is 10.0 Å². The second-order valence-corrected chi connectivity index (χ2v) is 4.26. The van der Waals surface area contributed by atoms with Gasteiger partial charge in [-0.05, 0) is 24.3 Å². The van der Waals surface area contributed by atoms with E-state index in [1.807, 2.05) is 0 Å². The van der Waals surface area contributed by atoms with Crippen LogP contribution in [0.5, 0.6) is 0 Å². The Labute approximate surface area is 105 Å². The summed E-state index contributed by atoms with van der Waals surface area (Å²) in [4.78, 5) is 12.0. The van der Waals surface area contributed by atoms with E-state index >= 15 is 0 Å². The average molecular weight is 297 g/mol. The molecule has 0 aromatic heterocycles. The van der Waals surface area contributed by atoms with Crippen LogP contribution in [-0.2, 0) is 0 Å². The molecule has 0 saturated carbocycles. The van der Waals surface area contributed by atoms with E-state index in [2.05, 4.69) is 15.9 Å². The molecule has 0 amide bonds. The van der Waals surface area contributed by atoms with E-state index in [0.717, 1.165) is 6.07 Å². The van der Waals surface area contributed by atoms with Crippen LogP contribution in [0.3, 0.4) is 0 Å². The molecule has 0 aliphatic rings. The predicted molar refractivity (Wildman–Crippen MR) is 63.9 cm³/mol. The molecule has 0 aliphatic carbocycles. The Bertz CT molecular complexity index is 581. The molecule has 0 spiro atoms. The van der Waals surface area contributed by atoms with E-state index in [1.54, 1.807) is 24.3 Å². The lowest BCUT2D eigenvalue weighted by molar-refractivity contribution is 0.103. The molecule has 0 bridgehead atoms. The smallest absolute Gasteiger partial charge is 0.197 e. The molecule has 0 heterocycles. The molecule has 0 atom stereocenters. The first-order valence-electron chi connectivity index (χ1n) is 4.84. The van der Waals surface area contributed by atoms with Gasteiger partial charge in [-0.3, -0.25) is 4.79 Å². The number of carbonyl (C=O) groups excluding carboxylic acids is 1. The average Bonchev–Trinajstić information content (AvgIpc) is 2.32. The summed E-state index contributed by atoms with van der Waals surface area (Å²) in [6, 6.07) is 10.2. The monoisotopic (exact) mass is 296 g/mol. The van der Waals surface area contributed by atoms with Gasteiger partial charge in [0.15, 0.2) is 17.4 Å². The number of carbonyl (C=O) groups is 1. The van der Waals surface area contributed by atoms with Gasteiger partial charge in [0.25, 0.3) is 0 Å². The highest BCUT2D eigenvalue weighted by molar-refractivity contribution is 9.10. The largest absolute Gasteiger partial charge is 0.288 e. The zero-order chi connectivity index (χ0) is 12.4. The van der Waals surface area contributed by atoms with Gasteiger partial charge in [-0.15, -0.1) is 0 Å². The lowest BCUT2D eigenvalue weighted by atomic mass is 10.0. The zero-order valence-electron chi connectivity index (χ0n) is 8.58.